The molecule has 2 aromatic rings. The maximum atomic E-state index is 12.8. The van der Waals surface area contributed by atoms with Crippen LogP contribution in [0.3, 0.4) is 0 Å². The Hall–Kier alpha value is -2.68. The van der Waals surface area contributed by atoms with Crippen LogP contribution in [0, 0.1) is 0 Å². The first-order chi connectivity index (χ1) is 12.1. The number of hydrogen-bond acceptors (Lipinski definition) is 5. The van der Waals surface area contributed by atoms with Crippen molar-refractivity contribution in [3.05, 3.63) is 40.7 Å². The second-order valence-electron chi connectivity index (χ2n) is 6.28. The highest BCUT2D eigenvalue weighted by Crippen LogP contribution is 2.26. The summed E-state index contributed by atoms with van der Waals surface area (Å²) in [5.41, 5.74) is 6.94. The van der Waals surface area contributed by atoms with Crippen molar-refractivity contribution < 1.29 is 18.0 Å². The first-order valence-electron chi connectivity index (χ1n) is 8.08. The van der Waals surface area contributed by atoms with E-state index in [1.54, 1.807) is 6.07 Å². The highest BCUT2D eigenvalue weighted by molar-refractivity contribution is 7.90. The molecule has 0 unspecified atom stereocenters. The topological polar surface area (TPSA) is 135 Å². The number of amides is 2. The molecule has 0 spiro atoms. The Bertz CT molecular complexity index is 961. The number of rotatable bonds is 6. The average molecular weight is 378 g/mol. The number of nitrogens with zero attached hydrogens (tertiary/aromatic N) is 1. The molecule has 9 heteroatoms. The van der Waals surface area contributed by atoms with Gasteiger partial charge in [0.15, 0.2) is 15.5 Å². The number of nitrogens with two attached hydrogens (primary N) is 1. The van der Waals surface area contributed by atoms with Gasteiger partial charge in [0.1, 0.15) is 0 Å². The molecular weight excluding hydrogens is 356 g/mol. The van der Waals surface area contributed by atoms with E-state index in [1.165, 1.54) is 12.1 Å². The minimum atomic E-state index is -3.46. The lowest BCUT2D eigenvalue weighted by atomic mass is 10.0. The molecule has 4 N–H and O–H groups in total. The lowest BCUT2D eigenvalue weighted by molar-refractivity contribution is 0.0996. The molecule has 0 aliphatic carbocycles. The molecule has 1 aromatic heterocycles. The Labute approximate surface area is 152 Å². The third-order valence-electron chi connectivity index (χ3n) is 3.98. The maximum Gasteiger partial charge on any atom is 0.271 e. The lowest BCUT2D eigenvalue weighted by Gasteiger charge is -2.12. The van der Waals surface area contributed by atoms with E-state index in [2.05, 4.69) is 15.5 Å². The summed E-state index contributed by atoms with van der Waals surface area (Å²) in [6, 6.07) is 4.42. The van der Waals surface area contributed by atoms with Gasteiger partial charge in [0.05, 0.1) is 16.3 Å². The number of nitrogens with one attached hydrogen (secondary N) is 2. The van der Waals surface area contributed by atoms with E-state index in [1.807, 2.05) is 20.8 Å². The number of sulfone groups is 1. The van der Waals surface area contributed by atoms with Crippen LogP contribution in [0.4, 0.5) is 5.69 Å². The van der Waals surface area contributed by atoms with E-state index in [4.69, 9.17) is 5.73 Å². The zero-order valence-corrected chi connectivity index (χ0v) is 15.9. The molecule has 0 aliphatic heterocycles. The number of primary amides is 1. The third kappa shape index (κ3) is 3.93. The van der Waals surface area contributed by atoms with Crippen LogP contribution in [0.25, 0.3) is 0 Å². The van der Waals surface area contributed by atoms with Gasteiger partial charge < -0.3 is 11.1 Å². The minimum absolute atomic E-state index is 0.0427. The largest absolute Gasteiger partial charge is 0.364 e. The fourth-order valence-electron chi connectivity index (χ4n) is 2.56. The van der Waals surface area contributed by atoms with Crippen molar-refractivity contribution in [1.29, 1.82) is 0 Å². The van der Waals surface area contributed by atoms with Crippen LogP contribution in [0.1, 0.15) is 58.8 Å². The van der Waals surface area contributed by atoms with Crippen molar-refractivity contribution in [3.63, 3.8) is 0 Å². The predicted octanol–water partition coefficient (Wildman–Crippen LogP) is 1.85. The number of aromatic nitrogens is 2. The maximum absolute atomic E-state index is 12.8. The molecule has 26 heavy (non-hydrogen) atoms. The van der Waals surface area contributed by atoms with Crippen LogP contribution >= 0.6 is 0 Å². The number of benzene rings is 1. The molecule has 2 amide bonds. The van der Waals surface area contributed by atoms with Crippen LogP contribution in [-0.2, 0) is 16.3 Å². The van der Waals surface area contributed by atoms with Crippen LogP contribution in [-0.4, -0.2) is 36.7 Å². The second-order valence-corrected chi connectivity index (χ2v) is 8.29. The van der Waals surface area contributed by atoms with Crippen molar-refractivity contribution in [3.8, 4) is 0 Å². The van der Waals surface area contributed by atoms with E-state index in [-0.39, 0.29) is 27.8 Å². The fraction of sp³-hybridized carbons (Fsp3) is 0.353. The van der Waals surface area contributed by atoms with Gasteiger partial charge in [-0.1, -0.05) is 26.8 Å². The van der Waals surface area contributed by atoms with E-state index in [0.29, 0.717) is 17.7 Å². The number of carbonyl (C=O) groups is 2. The Balaban J connectivity index is 2.52. The van der Waals surface area contributed by atoms with Gasteiger partial charge in [-0.25, -0.2) is 8.42 Å². The van der Waals surface area contributed by atoms with Crippen molar-refractivity contribution in [1.82, 2.24) is 10.2 Å². The first kappa shape index (κ1) is 19.6. The molecule has 0 fully saturated rings. The average Bonchev–Trinajstić information content (AvgIpc) is 2.97. The number of anilines is 1. The molecular formula is C17H22N4O4S. The standard InChI is InChI=1S/C17H22N4O4S/c1-5-10-6-7-11(26(4,24)25)8-12(10)17(23)19-14-13(9(2)3)20-21-15(14)16(18)22/h6-9H,5H2,1-4H3,(H2,18,22)(H,19,23)(H,20,21). The minimum Gasteiger partial charge on any atom is -0.364 e. The van der Waals surface area contributed by atoms with Crippen LogP contribution < -0.4 is 11.1 Å². The van der Waals surface area contributed by atoms with Gasteiger partial charge in [-0.2, -0.15) is 5.10 Å². The molecule has 0 bridgehead atoms. The summed E-state index contributed by atoms with van der Waals surface area (Å²) in [5, 5.41) is 9.25. The Morgan fingerprint density at radius 1 is 1.31 bits per heavy atom. The summed E-state index contributed by atoms with van der Waals surface area (Å²) in [5.74, 6) is -1.35. The van der Waals surface area contributed by atoms with Gasteiger partial charge in [-0.05, 0) is 30.0 Å². The molecule has 8 nitrogen and oxygen atoms in total. The van der Waals surface area contributed by atoms with E-state index in [9.17, 15) is 18.0 Å². The van der Waals surface area contributed by atoms with E-state index in [0.717, 1.165) is 6.26 Å². The summed E-state index contributed by atoms with van der Waals surface area (Å²) in [4.78, 5) is 24.5. The number of hydrogen-bond donors (Lipinski definition) is 3. The van der Waals surface area contributed by atoms with Crippen molar-refractivity contribution in [2.24, 2.45) is 5.73 Å². The smallest absolute Gasteiger partial charge is 0.271 e. The normalized spacial score (nSPS) is 11.6. The van der Waals surface area contributed by atoms with Crippen LogP contribution in [0.15, 0.2) is 23.1 Å². The highest BCUT2D eigenvalue weighted by atomic mass is 32.2. The van der Waals surface area contributed by atoms with Crippen molar-refractivity contribution in [2.75, 3.05) is 11.6 Å². The van der Waals surface area contributed by atoms with Crippen LogP contribution in [0.2, 0.25) is 0 Å². The zero-order chi connectivity index (χ0) is 19.6. The van der Waals surface area contributed by atoms with E-state index < -0.39 is 21.7 Å². The molecule has 1 aromatic carbocycles. The zero-order valence-electron chi connectivity index (χ0n) is 15.1. The number of aryl methyl sites for hydroxylation is 1. The molecule has 1 heterocycles. The van der Waals surface area contributed by atoms with Gasteiger partial charge >= 0.3 is 0 Å². The number of carbonyl (C=O) groups excluding carboxylic acids is 2. The van der Waals surface area contributed by atoms with Crippen LogP contribution in [0.5, 0.6) is 0 Å². The quantitative estimate of drug-likeness (QED) is 0.705. The predicted molar refractivity (Wildman–Crippen MR) is 98.1 cm³/mol. The Kier molecular flexibility index (Phi) is 5.50. The molecule has 2 rings (SSSR count). The summed E-state index contributed by atoms with van der Waals surface area (Å²) >= 11 is 0. The molecule has 0 saturated heterocycles. The highest BCUT2D eigenvalue weighted by Gasteiger charge is 2.23. The van der Waals surface area contributed by atoms with Gasteiger partial charge in [-0.15, -0.1) is 0 Å². The molecule has 0 saturated carbocycles. The first-order valence-corrected chi connectivity index (χ1v) is 9.97. The third-order valence-corrected chi connectivity index (χ3v) is 5.09. The van der Waals surface area contributed by atoms with Crippen molar-refractivity contribution in [2.45, 2.75) is 38.0 Å². The van der Waals surface area contributed by atoms with Crippen molar-refractivity contribution >= 4 is 27.3 Å². The van der Waals surface area contributed by atoms with E-state index >= 15 is 0 Å². The fourth-order valence-corrected chi connectivity index (χ4v) is 3.21. The van der Waals surface area contributed by atoms with Gasteiger partial charge in [0, 0.05) is 11.8 Å². The number of H-pyrrole nitrogens is 1. The Morgan fingerprint density at radius 2 is 1.96 bits per heavy atom. The number of aromatic amines is 1. The SMILES string of the molecule is CCc1ccc(S(C)(=O)=O)cc1C(=O)Nc1c(C(N)=O)n[nH]c1C(C)C. The van der Waals surface area contributed by atoms with Gasteiger partial charge in [0.2, 0.25) is 0 Å². The molecule has 0 atom stereocenters. The van der Waals surface area contributed by atoms with Gasteiger partial charge in [0.25, 0.3) is 11.8 Å². The molecule has 140 valence electrons. The molecule has 0 radical (unpaired) electrons. The lowest BCUT2D eigenvalue weighted by Crippen LogP contribution is -2.20. The van der Waals surface area contributed by atoms with Gasteiger partial charge in [-0.3, -0.25) is 14.7 Å². The second kappa shape index (κ2) is 7.28. The summed E-state index contributed by atoms with van der Waals surface area (Å²) in [7, 11) is -3.46. The summed E-state index contributed by atoms with van der Waals surface area (Å²) < 4.78 is 23.6. The Morgan fingerprint density at radius 3 is 2.46 bits per heavy atom. The molecule has 0 aliphatic rings. The monoisotopic (exact) mass is 378 g/mol. The summed E-state index contributed by atoms with van der Waals surface area (Å²) in [6.45, 7) is 5.60. The summed E-state index contributed by atoms with van der Waals surface area (Å²) in [6.07, 6.45) is 1.62.